The van der Waals surface area contributed by atoms with Crippen molar-refractivity contribution in [3.8, 4) is 0 Å². The Bertz CT molecular complexity index is 1350. The van der Waals surface area contributed by atoms with Crippen molar-refractivity contribution in [2.24, 2.45) is 35.0 Å². The van der Waals surface area contributed by atoms with E-state index in [0.717, 1.165) is 48.2 Å². The van der Waals surface area contributed by atoms with Crippen molar-refractivity contribution in [2.45, 2.75) is 96.7 Å². The van der Waals surface area contributed by atoms with Crippen LogP contribution in [0.3, 0.4) is 0 Å². The van der Waals surface area contributed by atoms with E-state index in [0.29, 0.717) is 42.1 Å². The number of nitrogens with zero attached hydrogens (tertiary/aromatic N) is 4. The molecule has 3 saturated heterocycles. The summed E-state index contributed by atoms with van der Waals surface area (Å²) in [5, 5.41) is 9.71. The molecule has 7 aliphatic rings. The van der Waals surface area contributed by atoms with E-state index in [1.807, 2.05) is 28.8 Å². The summed E-state index contributed by atoms with van der Waals surface area (Å²) in [5.41, 5.74) is 2.11. The van der Waals surface area contributed by atoms with E-state index in [1.54, 1.807) is 4.90 Å². The molecule has 4 saturated carbocycles. The third-order valence-corrected chi connectivity index (χ3v) is 12.2. The molecule has 7 fully saturated rings. The van der Waals surface area contributed by atoms with Crippen LogP contribution in [0.2, 0.25) is 0 Å². The fourth-order valence-electron chi connectivity index (χ4n) is 9.62. The highest BCUT2D eigenvalue weighted by Gasteiger charge is 2.54. The van der Waals surface area contributed by atoms with Crippen LogP contribution < -0.4 is 10.5 Å². The Balaban J connectivity index is 1.19. The number of aliphatic carboxylic acids is 1. The maximum Gasteiger partial charge on any atom is 0.326 e. The number of hydrogen-bond acceptors (Lipinski definition) is 5. The molecule has 8 atom stereocenters. The van der Waals surface area contributed by atoms with Gasteiger partial charge >= 0.3 is 5.97 Å². The normalized spacial score (nSPS) is 36.9. The zero-order chi connectivity index (χ0) is 27.8. The average molecular weight is 547 g/mol. The summed E-state index contributed by atoms with van der Waals surface area (Å²) in [5.74, 6) is 3.23. The van der Waals surface area contributed by atoms with Crippen LogP contribution in [0.4, 0.5) is 5.82 Å². The molecule has 4 bridgehead atoms. The van der Waals surface area contributed by atoms with Gasteiger partial charge in [0, 0.05) is 25.2 Å². The summed E-state index contributed by atoms with van der Waals surface area (Å²) in [6, 6.07) is 7.91. The molecule has 1 N–H and O–H groups in total. The van der Waals surface area contributed by atoms with Gasteiger partial charge in [-0.25, -0.2) is 9.78 Å². The topological polar surface area (TPSA) is 78.7 Å². The third-order valence-electron chi connectivity index (χ3n) is 12.2. The number of piperidine rings is 1. The van der Waals surface area contributed by atoms with Crippen LogP contribution in [0.1, 0.15) is 84.6 Å². The van der Waals surface area contributed by atoms with E-state index >= 15 is 0 Å². The molecular weight excluding hydrogens is 500 g/mol. The number of rotatable bonds is 6. The number of carboxylic acids is 1. The van der Waals surface area contributed by atoms with Crippen LogP contribution in [0.25, 0.3) is 11.0 Å². The second-order valence-electron chi connectivity index (χ2n) is 14.6. The molecule has 4 heterocycles. The first-order valence-electron chi connectivity index (χ1n) is 16.0. The monoisotopic (exact) mass is 546 g/mol. The predicted molar refractivity (Wildman–Crippen MR) is 158 cm³/mol. The molecule has 40 heavy (non-hydrogen) atoms. The molecule has 0 spiro atoms. The maximum absolute atomic E-state index is 14.2. The van der Waals surface area contributed by atoms with E-state index in [9.17, 15) is 14.7 Å². The zero-order valence-corrected chi connectivity index (χ0v) is 24.5. The second-order valence-corrected chi connectivity index (χ2v) is 14.6. The summed E-state index contributed by atoms with van der Waals surface area (Å²) in [4.78, 5) is 35.3. The lowest BCUT2D eigenvalue weighted by Gasteiger charge is -2.60. The Morgan fingerprint density at radius 1 is 1.07 bits per heavy atom. The highest BCUT2D eigenvalue weighted by Crippen LogP contribution is 2.62. The standard InChI is InChI=1S/C33H46N4O3/c1-20-8-11-24-18-29(22(16-20)19-35(24)14-12-21-9-10-23-17-25(21)33(23,2)3)37-27-7-5-4-6-26(27)34-30(31(37)38)36-15-13-28(36)32(39)40/h4-7,20-25,28-29H,8-19H2,1-3H3,(H,39,40)/t20-,21-,22-,23-,24+,25-,28-,29-/m0/s1. The molecule has 0 amide bonds. The molecule has 4 aliphatic carbocycles. The number of anilines is 1. The summed E-state index contributed by atoms with van der Waals surface area (Å²) in [7, 11) is 0. The van der Waals surface area contributed by atoms with E-state index in [1.165, 1.54) is 45.1 Å². The molecule has 1 aromatic heterocycles. The first kappa shape index (κ1) is 26.5. The minimum Gasteiger partial charge on any atom is -0.480 e. The molecule has 216 valence electrons. The van der Waals surface area contributed by atoms with Crippen molar-refractivity contribution in [1.82, 2.24) is 14.5 Å². The van der Waals surface area contributed by atoms with Crippen LogP contribution in [0, 0.1) is 35.0 Å². The smallest absolute Gasteiger partial charge is 0.326 e. The van der Waals surface area contributed by atoms with Crippen molar-refractivity contribution in [3.05, 3.63) is 34.6 Å². The van der Waals surface area contributed by atoms with Gasteiger partial charge in [0.25, 0.3) is 5.56 Å². The highest BCUT2D eigenvalue weighted by atomic mass is 16.4. The molecule has 1 aromatic carbocycles. The highest BCUT2D eigenvalue weighted by molar-refractivity contribution is 5.81. The van der Waals surface area contributed by atoms with Gasteiger partial charge in [-0.15, -0.1) is 0 Å². The molecule has 0 unspecified atom stereocenters. The zero-order valence-electron chi connectivity index (χ0n) is 24.5. The van der Waals surface area contributed by atoms with E-state index in [2.05, 4.69) is 25.7 Å². The van der Waals surface area contributed by atoms with Gasteiger partial charge in [0.1, 0.15) is 6.04 Å². The number of carboxylic acid groups (broad SMARTS) is 1. The SMILES string of the molecule is C[C@H]1CC[C@@H]2C[C@H](n3c(=O)c(N4CC[C@H]4C(=O)O)nc4ccccc43)[C@@H](C1)CN2CC[C@@H]1CC[C@H]2C[C@@H]1C2(C)C. The van der Waals surface area contributed by atoms with E-state index in [4.69, 9.17) is 4.98 Å². The van der Waals surface area contributed by atoms with Crippen molar-refractivity contribution in [2.75, 3.05) is 24.5 Å². The first-order chi connectivity index (χ1) is 19.2. The van der Waals surface area contributed by atoms with Gasteiger partial charge in [-0.1, -0.05) is 32.9 Å². The van der Waals surface area contributed by atoms with Crippen LogP contribution >= 0.6 is 0 Å². The minimum atomic E-state index is -0.875. The quantitative estimate of drug-likeness (QED) is 0.510. The molecular formula is C33H46N4O3. The molecule has 9 rings (SSSR count). The fraction of sp³-hybridized carbons (Fsp3) is 0.727. The molecule has 0 radical (unpaired) electrons. The van der Waals surface area contributed by atoms with Crippen molar-refractivity contribution in [1.29, 1.82) is 0 Å². The number of hydrogen-bond donors (Lipinski definition) is 1. The lowest BCUT2D eigenvalue weighted by Crippen LogP contribution is -2.56. The lowest BCUT2D eigenvalue weighted by molar-refractivity contribution is -0.140. The van der Waals surface area contributed by atoms with E-state index < -0.39 is 12.0 Å². The number of fused-ring (bicyclic) bond motifs is 8. The predicted octanol–water partition coefficient (Wildman–Crippen LogP) is 5.57. The summed E-state index contributed by atoms with van der Waals surface area (Å²) in [6.45, 7) is 10.2. The Kier molecular flexibility index (Phi) is 6.52. The second kappa shape index (κ2) is 9.85. The fourth-order valence-corrected chi connectivity index (χ4v) is 9.62. The Labute approximate surface area is 237 Å². The number of benzene rings is 1. The van der Waals surface area contributed by atoms with Gasteiger partial charge in [-0.2, -0.15) is 0 Å². The van der Waals surface area contributed by atoms with Crippen LogP contribution in [0.5, 0.6) is 0 Å². The maximum atomic E-state index is 14.2. The lowest BCUT2D eigenvalue weighted by atomic mass is 9.45. The van der Waals surface area contributed by atoms with Crippen molar-refractivity contribution >= 4 is 22.8 Å². The van der Waals surface area contributed by atoms with Gasteiger partial charge in [0.05, 0.1) is 11.0 Å². The van der Waals surface area contributed by atoms with Gasteiger partial charge in [0.15, 0.2) is 5.82 Å². The third kappa shape index (κ3) is 4.21. The first-order valence-corrected chi connectivity index (χ1v) is 16.0. The molecule has 3 aliphatic heterocycles. The van der Waals surface area contributed by atoms with Crippen molar-refractivity contribution in [3.63, 3.8) is 0 Å². The average Bonchev–Trinajstić information content (AvgIpc) is 2.89. The van der Waals surface area contributed by atoms with Crippen LogP contribution in [0.15, 0.2) is 29.1 Å². The summed E-state index contributed by atoms with van der Waals surface area (Å²) in [6.07, 6.45) is 10.7. The minimum absolute atomic E-state index is 0.107. The molecule has 7 heteroatoms. The van der Waals surface area contributed by atoms with E-state index in [-0.39, 0.29) is 11.6 Å². The largest absolute Gasteiger partial charge is 0.480 e. The van der Waals surface area contributed by atoms with Gasteiger partial charge < -0.3 is 14.6 Å². The molecule has 2 aromatic rings. The van der Waals surface area contributed by atoms with Crippen LogP contribution in [-0.2, 0) is 4.79 Å². The van der Waals surface area contributed by atoms with Gasteiger partial charge in [-0.3, -0.25) is 9.69 Å². The molecule has 7 nitrogen and oxygen atoms in total. The van der Waals surface area contributed by atoms with Crippen molar-refractivity contribution < 1.29 is 9.90 Å². The number of carbonyl (C=O) groups is 1. The van der Waals surface area contributed by atoms with Gasteiger partial charge in [-0.05, 0) is 111 Å². The number of para-hydroxylation sites is 2. The Morgan fingerprint density at radius 3 is 2.62 bits per heavy atom. The Morgan fingerprint density at radius 2 is 1.90 bits per heavy atom. The number of aromatic nitrogens is 2. The summed E-state index contributed by atoms with van der Waals surface area (Å²) >= 11 is 0. The summed E-state index contributed by atoms with van der Waals surface area (Å²) < 4.78 is 2.04. The Hall–Kier alpha value is -2.41. The van der Waals surface area contributed by atoms with Gasteiger partial charge in [0.2, 0.25) is 0 Å². The van der Waals surface area contributed by atoms with Crippen LogP contribution in [-0.4, -0.2) is 57.2 Å².